The number of carbonyl (C=O) groups is 2. The maximum atomic E-state index is 11.6. The number of carbonyl (C=O) groups excluding carboxylic acids is 1. The molecule has 0 saturated heterocycles. The molecule has 0 rings (SSSR count). The molecule has 0 spiro atoms. The summed E-state index contributed by atoms with van der Waals surface area (Å²) in [5, 5.41) is 8.39. The Balaban J connectivity index is 3.50. The number of carboxylic acid groups (broad SMARTS) is 1. The largest absolute Gasteiger partial charge is 0.478 e. The van der Waals surface area contributed by atoms with Crippen LogP contribution < -0.4 is 0 Å². The zero-order chi connectivity index (χ0) is 17.2. The minimum atomic E-state index is -0.943. The molecule has 0 aromatic carbocycles. The predicted molar refractivity (Wildman–Crippen MR) is 96.4 cm³/mol. The van der Waals surface area contributed by atoms with Gasteiger partial charge < -0.3 is 5.11 Å². The number of Topliss-reactive ketones (excluding diaryl/α,β-unsaturated/α-hetero) is 1. The van der Waals surface area contributed by atoms with E-state index in [9.17, 15) is 9.59 Å². The van der Waals surface area contributed by atoms with Gasteiger partial charge in [0.1, 0.15) is 5.78 Å². The SMILES string of the molecule is CCCCCC(=O)CCCCCC=CC=CC=CC=CC(=O)O. The van der Waals surface area contributed by atoms with Gasteiger partial charge in [0.25, 0.3) is 0 Å². The van der Waals surface area contributed by atoms with Gasteiger partial charge >= 0.3 is 5.97 Å². The molecule has 0 aromatic heterocycles. The summed E-state index contributed by atoms with van der Waals surface area (Å²) >= 11 is 0. The standard InChI is InChI=1S/C20H30O3/c1-2-3-13-16-19(21)17-14-11-9-7-5-4-6-8-10-12-15-18-20(22)23/h4-6,8,10,12,15,18H,2-3,7,9,11,13-14,16-17H2,1H3,(H,22,23). The Morgan fingerprint density at radius 3 is 2.04 bits per heavy atom. The average Bonchev–Trinajstić information content (AvgIpc) is 2.51. The monoisotopic (exact) mass is 318 g/mol. The molecule has 3 heteroatoms. The van der Waals surface area contributed by atoms with Crippen molar-refractivity contribution in [3.05, 3.63) is 48.6 Å². The number of ketones is 1. The van der Waals surface area contributed by atoms with Gasteiger partial charge in [-0.2, -0.15) is 0 Å². The number of rotatable bonds is 14. The number of hydrogen-bond donors (Lipinski definition) is 1. The van der Waals surface area contributed by atoms with Crippen molar-refractivity contribution in [2.75, 3.05) is 0 Å². The molecule has 3 nitrogen and oxygen atoms in total. The third-order valence-electron chi connectivity index (χ3n) is 3.32. The summed E-state index contributed by atoms with van der Waals surface area (Å²) in [5.41, 5.74) is 0. The van der Waals surface area contributed by atoms with Gasteiger partial charge in [-0.25, -0.2) is 4.79 Å². The summed E-state index contributed by atoms with van der Waals surface area (Å²) in [7, 11) is 0. The molecule has 0 atom stereocenters. The normalized spacial score (nSPS) is 12.2. The van der Waals surface area contributed by atoms with Crippen LogP contribution in [0.3, 0.4) is 0 Å². The molecule has 0 aromatic rings. The smallest absolute Gasteiger partial charge is 0.328 e. The molecule has 0 aliphatic heterocycles. The Hall–Kier alpha value is -1.90. The second-order valence-electron chi connectivity index (χ2n) is 5.49. The quantitative estimate of drug-likeness (QED) is 0.265. The van der Waals surface area contributed by atoms with Crippen LogP contribution >= 0.6 is 0 Å². The second-order valence-corrected chi connectivity index (χ2v) is 5.49. The van der Waals surface area contributed by atoms with Gasteiger partial charge in [-0.05, 0) is 25.7 Å². The molecule has 23 heavy (non-hydrogen) atoms. The fourth-order valence-corrected chi connectivity index (χ4v) is 2.03. The number of aliphatic carboxylic acids is 1. The van der Waals surface area contributed by atoms with Gasteiger partial charge in [0, 0.05) is 18.9 Å². The van der Waals surface area contributed by atoms with Crippen LogP contribution in [0.2, 0.25) is 0 Å². The second kappa shape index (κ2) is 16.5. The van der Waals surface area contributed by atoms with Crippen molar-refractivity contribution < 1.29 is 14.7 Å². The van der Waals surface area contributed by atoms with E-state index in [2.05, 4.69) is 13.0 Å². The van der Waals surface area contributed by atoms with E-state index in [1.54, 1.807) is 12.2 Å². The zero-order valence-electron chi connectivity index (χ0n) is 14.2. The number of unbranched alkanes of at least 4 members (excludes halogenated alkanes) is 5. The van der Waals surface area contributed by atoms with Crippen molar-refractivity contribution in [2.24, 2.45) is 0 Å². The molecule has 0 fully saturated rings. The molecular weight excluding hydrogens is 288 g/mol. The Kier molecular flexibility index (Phi) is 15.1. The summed E-state index contributed by atoms with van der Waals surface area (Å²) in [6.07, 6.45) is 23.0. The molecule has 0 aliphatic carbocycles. The summed E-state index contributed by atoms with van der Waals surface area (Å²) in [4.78, 5) is 21.8. The average molecular weight is 318 g/mol. The fraction of sp³-hybridized carbons (Fsp3) is 0.500. The third kappa shape index (κ3) is 18.1. The first kappa shape index (κ1) is 21.1. The van der Waals surface area contributed by atoms with Gasteiger partial charge in [-0.1, -0.05) is 68.7 Å². The van der Waals surface area contributed by atoms with Crippen LogP contribution in [-0.4, -0.2) is 16.9 Å². The first-order valence-electron chi connectivity index (χ1n) is 8.58. The van der Waals surface area contributed by atoms with Crippen molar-refractivity contribution in [3.8, 4) is 0 Å². The van der Waals surface area contributed by atoms with E-state index in [1.165, 1.54) is 12.5 Å². The maximum absolute atomic E-state index is 11.6. The molecule has 0 unspecified atom stereocenters. The van der Waals surface area contributed by atoms with E-state index < -0.39 is 5.97 Å². The summed E-state index contributed by atoms with van der Waals surface area (Å²) in [5.74, 6) is -0.526. The van der Waals surface area contributed by atoms with Gasteiger partial charge in [-0.15, -0.1) is 0 Å². The minimum Gasteiger partial charge on any atom is -0.478 e. The van der Waals surface area contributed by atoms with Crippen LogP contribution in [0.1, 0.15) is 64.7 Å². The van der Waals surface area contributed by atoms with Crippen molar-refractivity contribution in [3.63, 3.8) is 0 Å². The molecule has 0 heterocycles. The van der Waals surface area contributed by atoms with E-state index in [1.807, 2.05) is 18.2 Å². The summed E-state index contributed by atoms with van der Waals surface area (Å²) < 4.78 is 0. The Labute approximate surface area is 140 Å². The van der Waals surface area contributed by atoms with Crippen molar-refractivity contribution in [2.45, 2.75) is 64.7 Å². The highest BCUT2D eigenvalue weighted by atomic mass is 16.4. The van der Waals surface area contributed by atoms with E-state index in [4.69, 9.17) is 5.11 Å². The van der Waals surface area contributed by atoms with E-state index in [-0.39, 0.29) is 0 Å². The lowest BCUT2D eigenvalue weighted by Gasteiger charge is -2.00. The van der Waals surface area contributed by atoms with Crippen LogP contribution in [0.5, 0.6) is 0 Å². The first-order valence-corrected chi connectivity index (χ1v) is 8.58. The topological polar surface area (TPSA) is 54.4 Å². The maximum Gasteiger partial charge on any atom is 0.328 e. The summed E-state index contributed by atoms with van der Waals surface area (Å²) in [6.45, 7) is 2.15. The van der Waals surface area contributed by atoms with Crippen LogP contribution in [0, 0.1) is 0 Å². The number of carboxylic acids is 1. The van der Waals surface area contributed by atoms with Crippen LogP contribution in [0.4, 0.5) is 0 Å². The molecule has 0 saturated carbocycles. The number of allylic oxidation sites excluding steroid dienone is 7. The molecule has 128 valence electrons. The van der Waals surface area contributed by atoms with Crippen LogP contribution in [-0.2, 0) is 9.59 Å². The van der Waals surface area contributed by atoms with Gasteiger partial charge in [0.2, 0.25) is 0 Å². The molecular formula is C20H30O3. The highest BCUT2D eigenvalue weighted by Gasteiger charge is 2.00. The molecule has 0 amide bonds. The Morgan fingerprint density at radius 2 is 1.39 bits per heavy atom. The lowest BCUT2D eigenvalue weighted by molar-refractivity contribution is -0.131. The molecule has 0 bridgehead atoms. The highest BCUT2D eigenvalue weighted by Crippen LogP contribution is 2.08. The lowest BCUT2D eigenvalue weighted by Crippen LogP contribution is -1.97. The van der Waals surface area contributed by atoms with Gasteiger partial charge in [-0.3, -0.25) is 4.79 Å². The van der Waals surface area contributed by atoms with E-state index in [0.29, 0.717) is 5.78 Å². The third-order valence-corrected chi connectivity index (χ3v) is 3.32. The first-order chi connectivity index (χ1) is 11.2. The molecule has 1 N–H and O–H groups in total. The molecule has 0 radical (unpaired) electrons. The minimum absolute atomic E-state index is 0.417. The van der Waals surface area contributed by atoms with Crippen molar-refractivity contribution in [1.82, 2.24) is 0 Å². The highest BCUT2D eigenvalue weighted by molar-refractivity contribution is 5.80. The van der Waals surface area contributed by atoms with Gasteiger partial charge in [0.05, 0.1) is 0 Å². The Bertz CT molecular complexity index is 428. The zero-order valence-corrected chi connectivity index (χ0v) is 14.2. The van der Waals surface area contributed by atoms with E-state index in [0.717, 1.165) is 57.4 Å². The molecule has 0 aliphatic rings. The predicted octanol–water partition coefficient (Wildman–Crippen LogP) is 5.40. The van der Waals surface area contributed by atoms with E-state index >= 15 is 0 Å². The van der Waals surface area contributed by atoms with Crippen LogP contribution in [0.15, 0.2) is 48.6 Å². The van der Waals surface area contributed by atoms with Crippen LogP contribution in [0.25, 0.3) is 0 Å². The fourth-order valence-electron chi connectivity index (χ4n) is 2.03. The van der Waals surface area contributed by atoms with Crippen molar-refractivity contribution in [1.29, 1.82) is 0 Å². The lowest BCUT2D eigenvalue weighted by atomic mass is 10.1. The Morgan fingerprint density at radius 1 is 0.783 bits per heavy atom. The van der Waals surface area contributed by atoms with Crippen molar-refractivity contribution >= 4 is 11.8 Å². The number of hydrogen-bond acceptors (Lipinski definition) is 2. The summed E-state index contributed by atoms with van der Waals surface area (Å²) in [6, 6.07) is 0. The van der Waals surface area contributed by atoms with Gasteiger partial charge in [0.15, 0.2) is 0 Å².